The molecule has 3 heterocycles. The van der Waals surface area contributed by atoms with E-state index >= 15 is 0 Å². The molecule has 0 radical (unpaired) electrons. The van der Waals surface area contributed by atoms with Crippen LogP contribution < -0.4 is 0 Å². The molecule has 7 nitrogen and oxygen atoms in total. The summed E-state index contributed by atoms with van der Waals surface area (Å²) in [5.74, 6) is -2.20. The molecular weight excluding hydrogens is 412 g/mol. The van der Waals surface area contributed by atoms with Gasteiger partial charge in [-0.2, -0.15) is 0 Å². The van der Waals surface area contributed by atoms with Crippen molar-refractivity contribution >= 4 is 11.9 Å². The van der Waals surface area contributed by atoms with Crippen LogP contribution in [0.2, 0.25) is 0 Å². The molecule has 0 spiro atoms. The minimum absolute atomic E-state index is 0.236. The summed E-state index contributed by atoms with van der Waals surface area (Å²) in [5.41, 5.74) is 1.70. The Morgan fingerprint density at radius 1 is 1.22 bits per heavy atom. The SMILES string of the molecule is C=C(C)C(=O)O[C@H]1C/C(C)=C\[C@@]2(c3ccc(O)c(O)c3)C=C(C)[C@@H](O2)[C@H]2OC(=O)C(=C)[C@@H]21. The maximum absolute atomic E-state index is 12.5. The van der Waals surface area contributed by atoms with E-state index in [1.165, 1.54) is 12.1 Å². The Hall–Kier alpha value is -3.32. The highest BCUT2D eigenvalue weighted by molar-refractivity contribution is 5.91. The minimum Gasteiger partial charge on any atom is -0.504 e. The number of phenols is 2. The van der Waals surface area contributed by atoms with Crippen molar-refractivity contribution < 1.29 is 34.0 Å². The van der Waals surface area contributed by atoms with Crippen molar-refractivity contribution in [2.24, 2.45) is 5.92 Å². The third-order valence-electron chi connectivity index (χ3n) is 6.19. The number of carbonyl (C=O) groups excluding carboxylic acids is 2. The van der Waals surface area contributed by atoms with Gasteiger partial charge in [0.25, 0.3) is 0 Å². The molecule has 2 bridgehead atoms. The van der Waals surface area contributed by atoms with Gasteiger partial charge < -0.3 is 24.4 Å². The van der Waals surface area contributed by atoms with Gasteiger partial charge in [0.15, 0.2) is 11.5 Å². The highest BCUT2D eigenvalue weighted by Crippen LogP contribution is 2.48. The Bertz CT molecular complexity index is 1100. The maximum atomic E-state index is 12.5. The molecule has 168 valence electrons. The molecule has 0 unspecified atom stereocenters. The Labute approximate surface area is 186 Å². The van der Waals surface area contributed by atoms with Crippen molar-refractivity contribution in [2.75, 3.05) is 0 Å². The lowest BCUT2D eigenvalue weighted by Crippen LogP contribution is -2.41. The van der Waals surface area contributed by atoms with E-state index in [9.17, 15) is 19.8 Å². The van der Waals surface area contributed by atoms with E-state index < -0.39 is 41.8 Å². The number of ether oxygens (including phenoxy) is 3. The van der Waals surface area contributed by atoms with Crippen LogP contribution in [0.25, 0.3) is 0 Å². The second-order valence-electron chi connectivity index (χ2n) is 8.76. The second-order valence-corrected chi connectivity index (χ2v) is 8.76. The molecule has 3 aliphatic rings. The van der Waals surface area contributed by atoms with Gasteiger partial charge in [0, 0.05) is 17.6 Å². The topological polar surface area (TPSA) is 102 Å². The summed E-state index contributed by atoms with van der Waals surface area (Å²) in [6, 6.07) is 4.50. The Morgan fingerprint density at radius 3 is 2.59 bits per heavy atom. The van der Waals surface area contributed by atoms with E-state index in [4.69, 9.17) is 14.2 Å². The molecule has 3 aliphatic heterocycles. The van der Waals surface area contributed by atoms with Crippen LogP contribution in [0.3, 0.4) is 0 Å². The third-order valence-corrected chi connectivity index (χ3v) is 6.19. The van der Waals surface area contributed by atoms with Crippen molar-refractivity contribution in [1.82, 2.24) is 0 Å². The predicted octanol–water partition coefficient (Wildman–Crippen LogP) is 3.57. The standard InChI is InChI=1S/C25H26O7/c1-12(2)23(28)30-19-8-13(3)10-25(16-6-7-17(26)18(27)9-16)11-14(4)21(32-25)22-20(19)15(5)24(29)31-22/h6-7,9-11,19-22,26-27H,1,5,8H2,2-4H3/b13-10-/t19-,20+,21+,22-,25-/m0/s1. The van der Waals surface area contributed by atoms with Crippen LogP contribution in [-0.2, 0) is 29.4 Å². The molecule has 1 aromatic rings. The molecular formula is C25H26O7. The fourth-order valence-corrected chi connectivity index (χ4v) is 4.68. The van der Waals surface area contributed by atoms with Crippen LogP contribution in [0.15, 0.2) is 65.8 Å². The summed E-state index contributed by atoms with van der Waals surface area (Å²) >= 11 is 0. The van der Waals surface area contributed by atoms with Crippen LogP contribution in [0, 0.1) is 5.92 Å². The van der Waals surface area contributed by atoms with E-state index in [0.717, 1.165) is 11.1 Å². The van der Waals surface area contributed by atoms with Gasteiger partial charge in [-0.3, -0.25) is 0 Å². The number of fused-ring (bicyclic) bond motifs is 4. The van der Waals surface area contributed by atoms with E-state index in [1.807, 2.05) is 26.0 Å². The van der Waals surface area contributed by atoms with E-state index in [2.05, 4.69) is 13.2 Å². The first-order chi connectivity index (χ1) is 15.0. The van der Waals surface area contributed by atoms with Gasteiger partial charge >= 0.3 is 11.9 Å². The first kappa shape index (κ1) is 21.9. The largest absolute Gasteiger partial charge is 0.504 e. The Kier molecular flexibility index (Phi) is 5.25. The van der Waals surface area contributed by atoms with Gasteiger partial charge in [0.2, 0.25) is 0 Å². The van der Waals surface area contributed by atoms with Crippen LogP contribution in [-0.4, -0.2) is 40.5 Å². The highest BCUT2D eigenvalue weighted by atomic mass is 16.6. The van der Waals surface area contributed by atoms with Crippen molar-refractivity contribution in [3.8, 4) is 11.5 Å². The van der Waals surface area contributed by atoms with E-state index in [-0.39, 0.29) is 22.6 Å². The van der Waals surface area contributed by atoms with Crippen LogP contribution in [0.4, 0.5) is 0 Å². The molecule has 7 heteroatoms. The first-order valence-electron chi connectivity index (χ1n) is 10.4. The summed E-state index contributed by atoms with van der Waals surface area (Å²) in [7, 11) is 0. The molecule has 1 fully saturated rings. The molecule has 1 saturated heterocycles. The summed E-state index contributed by atoms with van der Waals surface area (Å²) in [5, 5.41) is 19.8. The number of hydrogen-bond acceptors (Lipinski definition) is 7. The molecule has 4 rings (SSSR count). The lowest BCUT2D eigenvalue weighted by atomic mass is 9.82. The summed E-state index contributed by atoms with van der Waals surface area (Å²) in [6.45, 7) is 12.9. The molecule has 0 saturated carbocycles. The normalized spacial score (nSPS) is 33.1. The number of esters is 2. The van der Waals surface area contributed by atoms with Gasteiger partial charge in [-0.1, -0.05) is 24.8 Å². The second kappa shape index (κ2) is 7.67. The fraction of sp³-hybridized carbons (Fsp3) is 0.360. The number of hydrogen-bond donors (Lipinski definition) is 2. The zero-order valence-electron chi connectivity index (χ0n) is 18.3. The van der Waals surface area contributed by atoms with E-state index in [0.29, 0.717) is 12.0 Å². The van der Waals surface area contributed by atoms with E-state index in [1.54, 1.807) is 13.0 Å². The molecule has 0 aromatic heterocycles. The van der Waals surface area contributed by atoms with Crippen molar-refractivity contribution in [1.29, 1.82) is 0 Å². The maximum Gasteiger partial charge on any atom is 0.334 e. The third kappa shape index (κ3) is 3.52. The molecule has 0 aliphatic carbocycles. The lowest BCUT2D eigenvalue weighted by Gasteiger charge is -2.31. The van der Waals surface area contributed by atoms with Crippen LogP contribution >= 0.6 is 0 Å². The number of phenolic OH excluding ortho intramolecular Hbond substituents is 2. The molecule has 1 aromatic carbocycles. The quantitative estimate of drug-likeness (QED) is 0.322. The Balaban J connectivity index is 1.84. The number of benzene rings is 1. The van der Waals surface area contributed by atoms with Crippen molar-refractivity contribution in [2.45, 2.75) is 51.1 Å². The number of aromatic hydroxyl groups is 2. The smallest absolute Gasteiger partial charge is 0.334 e. The van der Waals surface area contributed by atoms with Gasteiger partial charge in [0.1, 0.15) is 23.9 Å². The summed E-state index contributed by atoms with van der Waals surface area (Å²) < 4.78 is 17.9. The van der Waals surface area contributed by atoms with Gasteiger partial charge in [0.05, 0.1) is 5.92 Å². The van der Waals surface area contributed by atoms with Crippen LogP contribution in [0.1, 0.15) is 32.8 Å². The van der Waals surface area contributed by atoms with Gasteiger partial charge in [-0.25, -0.2) is 9.59 Å². The molecule has 2 N–H and O–H groups in total. The molecule has 5 atom stereocenters. The highest BCUT2D eigenvalue weighted by Gasteiger charge is 2.54. The fourth-order valence-electron chi connectivity index (χ4n) is 4.68. The minimum atomic E-state index is -1.06. The van der Waals surface area contributed by atoms with Gasteiger partial charge in [-0.05, 0) is 56.2 Å². The van der Waals surface area contributed by atoms with Crippen molar-refractivity contribution in [3.63, 3.8) is 0 Å². The monoisotopic (exact) mass is 438 g/mol. The lowest BCUT2D eigenvalue weighted by molar-refractivity contribution is -0.153. The molecule has 0 amide bonds. The average molecular weight is 438 g/mol. The summed E-state index contributed by atoms with van der Waals surface area (Å²) in [4.78, 5) is 24.8. The van der Waals surface area contributed by atoms with Gasteiger partial charge in [-0.15, -0.1) is 0 Å². The Morgan fingerprint density at radius 2 is 1.94 bits per heavy atom. The average Bonchev–Trinajstić information content (AvgIpc) is 3.20. The predicted molar refractivity (Wildman–Crippen MR) is 116 cm³/mol. The zero-order valence-corrected chi connectivity index (χ0v) is 18.3. The number of carbonyl (C=O) groups is 2. The zero-order chi connectivity index (χ0) is 23.4. The van der Waals surface area contributed by atoms with Crippen LogP contribution in [0.5, 0.6) is 11.5 Å². The summed E-state index contributed by atoms with van der Waals surface area (Å²) in [6.07, 6.45) is 2.09. The van der Waals surface area contributed by atoms with Crippen molar-refractivity contribution in [3.05, 3.63) is 71.4 Å². The first-order valence-corrected chi connectivity index (χ1v) is 10.4. The molecule has 32 heavy (non-hydrogen) atoms. The number of rotatable bonds is 3.